The predicted octanol–water partition coefficient (Wildman–Crippen LogP) is 1.67. The molecule has 10 heteroatoms. The minimum Gasteiger partial charge on any atom is -0.494 e. The van der Waals surface area contributed by atoms with Crippen LogP contribution in [0.4, 0.5) is 0 Å². The second-order valence-electron chi connectivity index (χ2n) is 6.72. The molecule has 2 N–H and O–H groups in total. The average Bonchev–Trinajstić information content (AvgIpc) is 2.75. The van der Waals surface area contributed by atoms with Gasteiger partial charge in [-0.2, -0.15) is 4.31 Å². The van der Waals surface area contributed by atoms with Gasteiger partial charge < -0.3 is 4.74 Å². The van der Waals surface area contributed by atoms with Crippen molar-refractivity contribution in [3.8, 4) is 5.75 Å². The average molecular weight is 420 g/mol. The molecule has 1 aromatic carbocycles. The first kappa shape index (κ1) is 21.2. The summed E-state index contributed by atoms with van der Waals surface area (Å²) in [6.45, 7) is 2.56. The van der Waals surface area contributed by atoms with Gasteiger partial charge in [0.2, 0.25) is 10.0 Å². The first-order valence-electron chi connectivity index (χ1n) is 9.44. The van der Waals surface area contributed by atoms with E-state index < -0.39 is 22.0 Å². The van der Waals surface area contributed by atoms with E-state index in [-0.39, 0.29) is 17.9 Å². The SMILES string of the molecule is CCCCCOc1ccc(S(=O)(=O)N2Cc3nccnc3CC2C(=O)NO)cc1. The van der Waals surface area contributed by atoms with Crippen molar-refractivity contribution in [2.75, 3.05) is 6.61 Å². The first-order chi connectivity index (χ1) is 14.0. The van der Waals surface area contributed by atoms with Crippen LogP contribution in [0.5, 0.6) is 5.75 Å². The third-order valence-corrected chi connectivity index (χ3v) is 6.63. The van der Waals surface area contributed by atoms with E-state index in [0.717, 1.165) is 23.6 Å². The van der Waals surface area contributed by atoms with Crippen molar-refractivity contribution < 1.29 is 23.2 Å². The molecule has 3 rings (SSSR count). The topological polar surface area (TPSA) is 122 Å². The number of rotatable bonds is 8. The van der Waals surface area contributed by atoms with Gasteiger partial charge >= 0.3 is 0 Å². The molecular formula is C19H24N4O5S. The second-order valence-corrected chi connectivity index (χ2v) is 8.61. The molecule has 0 radical (unpaired) electrons. The van der Waals surface area contributed by atoms with Gasteiger partial charge in [0.1, 0.15) is 11.8 Å². The molecule has 156 valence electrons. The van der Waals surface area contributed by atoms with Crippen LogP contribution in [0.1, 0.15) is 37.6 Å². The summed E-state index contributed by atoms with van der Waals surface area (Å²) in [5.41, 5.74) is 2.56. The summed E-state index contributed by atoms with van der Waals surface area (Å²) >= 11 is 0. The number of carbonyl (C=O) groups is 1. The quantitative estimate of drug-likeness (QED) is 0.378. The Balaban J connectivity index is 1.83. The van der Waals surface area contributed by atoms with Crippen molar-refractivity contribution in [3.63, 3.8) is 0 Å². The number of nitrogens with zero attached hydrogens (tertiary/aromatic N) is 3. The number of hydrogen-bond donors (Lipinski definition) is 2. The number of carbonyl (C=O) groups excluding carboxylic acids is 1. The van der Waals surface area contributed by atoms with Gasteiger partial charge in [0, 0.05) is 18.8 Å². The molecule has 1 aliphatic rings. The molecular weight excluding hydrogens is 396 g/mol. The Kier molecular flexibility index (Phi) is 6.78. The summed E-state index contributed by atoms with van der Waals surface area (Å²) < 4.78 is 33.1. The standard InChI is InChI=1S/C19H24N4O5S/c1-2-3-4-11-28-14-5-7-15(8-6-14)29(26,27)23-13-17-16(20-9-10-21-17)12-18(23)19(24)22-25/h5-10,18,25H,2-4,11-13H2,1H3,(H,22,24). The molecule has 2 heterocycles. The summed E-state index contributed by atoms with van der Waals surface area (Å²) in [6, 6.07) is 4.96. The Labute approximate surface area is 169 Å². The van der Waals surface area contributed by atoms with Crippen LogP contribution in [0.25, 0.3) is 0 Å². The molecule has 0 bridgehead atoms. The summed E-state index contributed by atoms with van der Waals surface area (Å²) in [5.74, 6) is -0.236. The minimum atomic E-state index is -4.02. The second kappa shape index (κ2) is 9.29. The summed E-state index contributed by atoms with van der Waals surface area (Å²) in [6.07, 6.45) is 6.07. The smallest absolute Gasteiger partial charge is 0.262 e. The van der Waals surface area contributed by atoms with Gasteiger partial charge in [-0.3, -0.25) is 20.0 Å². The highest BCUT2D eigenvalue weighted by Crippen LogP contribution is 2.28. The van der Waals surface area contributed by atoms with E-state index in [1.54, 1.807) is 17.6 Å². The lowest BCUT2D eigenvalue weighted by Crippen LogP contribution is -2.52. The number of sulfonamides is 1. The van der Waals surface area contributed by atoms with Gasteiger partial charge in [-0.1, -0.05) is 19.8 Å². The first-order valence-corrected chi connectivity index (χ1v) is 10.9. The van der Waals surface area contributed by atoms with E-state index >= 15 is 0 Å². The third kappa shape index (κ3) is 4.72. The highest BCUT2D eigenvalue weighted by molar-refractivity contribution is 7.89. The number of amides is 1. The van der Waals surface area contributed by atoms with Crippen LogP contribution in [-0.2, 0) is 27.8 Å². The van der Waals surface area contributed by atoms with Gasteiger partial charge in [0.15, 0.2) is 0 Å². The van der Waals surface area contributed by atoms with E-state index in [9.17, 15) is 13.2 Å². The highest BCUT2D eigenvalue weighted by Gasteiger charge is 2.40. The van der Waals surface area contributed by atoms with Crippen LogP contribution in [0.2, 0.25) is 0 Å². The molecule has 1 unspecified atom stereocenters. The molecule has 2 aromatic rings. The van der Waals surface area contributed by atoms with E-state index in [0.29, 0.717) is 23.7 Å². The van der Waals surface area contributed by atoms with Crippen LogP contribution in [0, 0.1) is 0 Å². The fourth-order valence-corrected chi connectivity index (χ4v) is 4.73. The number of nitrogens with one attached hydrogen (secondary N) is 1. The molecule has 29 heavy (non-hydrogen) atoms. The molecule has 1 aromatic heterocycles. The molecule has 1 aliphatic heterocycles. The van der Waals surface area contributed by atoms with E-state index in [4.69, 9.17) is 9.94 Å². The number of benzene rings is 1. The van der Waals surface area contributed by atoms with E-state index in [1.807, 2.05) is 0 Å². The zero-order valence-electron chi connectivity index (χ0n) is 16.1. The van der Waals surface area contributed by atoms with Crippen molar-refractivity contribution in [2.24, 2.45) is 0 Å². The maximum Gasteiger partial charge on any atom is 0.262 e. The van der Waals surface area contributed by atoms with Gasteiger partial charge in [0.25, 0.3) is 5.91 Å². The molecule has 1 atom stereocenters. The summed E-state index contributed by atoms with van der Waals surface area (Å²) in [4.78, 5) is 20.5. The lowest BCUT2D eigenvalue weighted by Gasteiger charge is -2.33. The van der Waals surface area contributed by atoms with Gasteiger partial charge in [-0.15, -0.1) is 0 Å². The van der Waals surface area contributed by atoms with Crippen molar-refractivity contribution in [1.29, 1.82) is 0 Å². The predicted molar refractivity (Wildman–Crippen MR) is 104 cm³/mol. The fraction of sp³-hybridized carbons (Fsp3) is 0.421. The van der Waals surface area contributed by atoms with Crippen LogP contribution in [0.3, 0.4) is 0 Å². The lowest BCUT2D eigenvalue weighted by molar-refractivity contribution is -0.133. The summed E-state index contributed by atoms with van der Waals surface area (Å²) in [7, 11) is -4.02. The Morgan fingerprint density at radius 2 is 1.90 bits per heavy atom. The number of unbranched alkanes of at least 4 members (excludes halogenated alkanes) is 2. The Morgan fingerprint density at radius 3 is 2.55 bits per heavy atom. The number of aromatic nitrogens is 2. The molecule has 0 spiro atoms. The van der Waals surface area contributed by atoms with Gasteiger partial charge in [0.05, 0.1) is 29.4 Å². The summed E-state index contributed by atoms with van der Waals surface area (Å²) in [5, 5.41) is 9.07. The zero-order chi connectivity index (χ0) is 20.9. The molecule has 1 amide bonds. The Bertz CT molecular complexity index is 949. The van der Waals surface area contributed by atoms with Gasteiger partial charge in [-0.05, 0) is 30.7 Å². The van der Waals surface area contributed by atoms with Crippen LogP contribution in [-0.4, -0.2) is 46.5 Å². The van der Waals surface area contributed by atoms with Crippen molar-refractivity contribution in [3.05, 3.63) is 48.0 Å². The lowest BCUT2D eigenvalue weighted by atomic mass is 10.0. The van der Waals surface area contributed by atoms with Crippen molar-refractivity contribution >= 4 is 15.9 Å². The maximum atomic E-state index is 13.2. The fourth-order valence-electron chi connectivity index (χ4n) is 3.18. The number of hydroxylamine groups is 1. The monoisotopic (exact) mass is 420 g/mol. The zero-order valence-corrected chi connectivity index (χ0v) is 16.9. The van der Waals surface area contributed by atoms with Crippen LogP contribution >= 0.6 is 0 Å². The van der Waals surface area contributed by atoms with E-state index in [2.05, 4.69) is 16.9 Å². The Hall–Kier alpha value is -2.56. The molecule has 9 nitrogen and oxygen atoms in total. The molecule has 0 saturated carbocycles. The Morgan fingerprint density at radius 1 is 1.21 bits per heavy atom. The highest BCUT2D eigenvalue weighted by atomic mass is 32.2. The van der Waals surface area contributed by atoms with Crippen LogP contribution in [0.15, 0.2) is 41.6 Å². The van der Waals surface area contributed by atoms with Crippen LogP contribution < -0.4 is 10.2 Å². The largest absolute Gasteiger partial charge is 0.494 e. The molecule has 0 aliphatic carbocycles. The molecule has 0 saturated heterocycles. The van der Waals surface area contributed by atoms with E-state index in [1.165, 1.54) is 24.5 Å². The van der Waals surface area contributed by atoms with Gasteiger partial charge in [-0.25, -0.2) is 13.9 Å². The third-order valence-electron chi connectivity index (χ3n) is 4.76. The van der Waals surface area contributed by atoms with Crippen molar-refractivity contribution in [2.45, 2.75) is 50.1 Å². The minimum absolute atomic E-state index is 0.0212. The normalized spacial score (nSPS) is 16.8. The molecule has 0 fully saturated rings. The number of fused-ring (bicyclic) bond motifs is 1. The van der Waals surface area contributed by atoms with Crippen molar-refractivity contribution in [1.82, 2.24) is 19.8 Å². The maximum absolute atomic E-state index is 13.2. The number of hydrogen-bond acceptors (Lipinski definition) is 7. The number of ether oxygens (including phenoxy) is 1.